The van der Waals surface area contributed by atoms with Gasteiger partial charge < -0.3 is 4.74 Å². The Morgan fingerprint density at radius 1 is 1.18 bits per heavy atom. The van der Waals surface area contributed by atoms with E-state index >= 15 is 0 Å². The monoisotopic (exact) mass is 307 g/mol. The summed E-state index contributed by atoms with van der Waals surface area (Å²) in [5.74, 6) is 0.686. The second-order valence-electron chi connectivity index (χ2n) is 8.27. The van der Waals surface area contributed by atoms with E-state index in [4.69, 9.17) is 4.74 Å². The van der Waals surface area contributed by atoms with E-state index in [1.54, 1.807) is 12.1 Å². The smallest absolute Gasteiger partial charge is 0.311 e. The van der Waals surface area contributed by atoms with Crippen LogP contribution in [0.3, 0.4) is 0 Å². The van der Waals surface area contributed by atoms with Crippen LogP contribution in [-0.4, -0.2) is 11.5 Å². The van der Waals surface area contributed by atoms with Crippen molar-refractivity contribution >= 4 is 5.69 Å². The predicted octanol–water partition coefficient (Wildman–Crippen LogP) is 5.34. The van der Waals surface area contributed by atoms with Crippen LogP contribution < -0.4 is 4.74 Å². The molecule has 0 aromatic heterocycles. The highest BCUT2D eigenvalue weighted by molar-refractivity contribution is 5.50. The molecule has 1 aromatic rings. The molecule has 0 radical (unpaired) electrons. The minimum absolute atomic E-state index is 0.0557. The van der Waals surface area contributed by atoms with Crippen molar-refractivity contribution < 1.29 is 9.66 Å². The van der Waals surface area contributed by atoms with Crippen LogP contribution in [0.25, 0.3) is 0 Å². The first-order valence-corrected chi connectivity index (χ1v) is 7.84. The molecule has 0 amide bonds. The molecule has 4 nitrogen and oxygen atoms in total. The number of nitrogens with zero attached hydrogens (tertiary/aromatic N) is 1. The summed E-state index contributed by atoms with van der Waals surface area (Å²) in [6.45, 7) is 15.3. The number of nitro groups is 1. The zero-order chi connectivity index (χ0) is 17.1. The molecule has 0 N–H and O–H groups in total. The molecule has 0 bridgehead atoms. The van der Waals surface area contributed by atoms with E-state index < -0.39 is 0 Å². The first kappa shape index (κ1) is 18.5. The van der Waals surface area contributed by atoms with Gasteiger partial charge in [0, 0.05) is 6.07 Å². The van der Waals surface area contributed by atoms with Crippen molar-refractivity contribution in [3.63, 3.8) is 0 Å². The van der Waals surface area contributed by atoms with Crippen molar-refractivity contribution in [2.75, 3.05) is 6.61 Å². The summed E-state index contributed by atoms with van der Waals surface area (Å²) < 4.78 is 5.59. The Kier molecular flexibility index (Phi) is 5.60. The highest BCUT2D eigenvalue weighted by Crippen LogP contribution is 2.39. The molecule has 0 heterocycles. The fraction of sp³-hybridized carbons (Fsp3) is 0.667. The maximum Gasteiger partial charge on any atom is 0.311 e. The van der Waals surface area contributed by atoms with E-state index in [-0.39, 0.29) is 21.4 Å². The van der Waals surface area contributed by atoms with E-state index in [0.29, 0.717) is 18.3 Å². The molecule has 1 rings (SSSR count). The maximum absolute atomic E-state index is 11.4. The number of hydrogen-bond acceptors (Lipinski definition) is 3. The molecule has 124 valence electrons. The summed E-state index contributed by atoms with van der Waals surface area (Å²) >= 11 is 0. The summed E-state index contributed by atoms with van der Waals surface area (Å²) in [7, 11) is 0. The lowest BCUT2D eigenvalue weighted by Crippen LogP contribution is -2.25. The van der Waals surface area contributed by atoms with Crippen molar-refractivity contribution in [3.05, 3.63) is 33.9 Å². The highest BCUT2D eigenvalue weighted by atomic mass is 16.6. The normalized spacial score (nSPS) is 12.5. The zero-order valence-electron chi connectivity index (χ0n) is 14.9. The molecule has 0 spiro atoms. The Morgan fingerprint density at radius 2 is 1.77 bits per heavy atom. The predicted molar refractivity (Wildman–Crippen MR) is 90.5 cm³/mol. The maximum atomic E-state index is 11.4. The van der Waals surface area contributed by atoms with Gasteiger partial charge in [0.05, 0.1) is 11.5 Å². The topological polar surface area (TPSA) is 52.4 Å². The van der Waals surface area contributed by atoms with Gasteiger partial charge >= 0.3 is 5.69 Å². The van der Waals surface area contributed by atoms with Gasteiger partial charge in [0.2, 0.25) is 0 Å². The van der Waals surface area contributed by atoms with Crippen LogP contribution in [-0.2, 0) is 5.41 Å². The fourth-order valence-corrected chi connectivity index (χ4v) is 2.89. The Bertz CT molecular complexity index is 528. The van der Waals surface area contributed by atoms with Crippen LogP contribution in [0, 0.1) is 21.4 Å². The van der Waals surface area contributed by atoms with Crippen molar-refractivity contribution in [2.45, 2.75) is 60.3 Å². The van der Waals surface area contributed by atoms with Crippen molar-refractivity contribution in [1.29, 1.82) is 0 Å². The van der Waals surface area contributed by atoms with Crippen LogP contribution in [0.5, 0.6) is 5.75 Å². The van der Waals surface area contributed by atoms with Gasteiger partial charge in [0.25, 0.3) is 0 Å². The molecule has 0 aliphatic rings. The third-order valence-electron chi connectivity index (χ3n) is 3.48. The molecular weight excluding hydrogens is 278 g/mol. The summed E-state index contributed by atoms with van der Waals surface area (Å²) in [5, 5.41) is 11.4. The highest BCUT2D eigenvalue weighted by Gasteiger charge is 2.29. The van der Waals surface area contributed by atoms with Gasteiger partial charge in [0.15, 0.2) is 5.75 Å². The largest absolute Gasteiger partial charge is 0.487 e. The van der Waals surface area contributed by atoms with Gasteiger partial charge in [-0.3, -0.25) is 10.1 Å². The second-order valence-corrected chi connectivity index (χ2v) is 8.27. The van der Waals surface area contributed by atoms with Crippen molar-refractivity contribution in [3.8, 4) is 5.75 Å². The molecule has 0 saturated carbocycles. The SMILES string of the molecule is CC(C)COc1ccc(C(C)(C)CC(C)(C)C)cc1[N+](=O)[O-]. The minimum atomic E-state index is -0.355. The molecule has 0 saturated heterocycles. The van der Waals surface area contributed by atoms with E-state index in [1.165, 1.54) is 0 Å². The first-order valence-electron chi connectivity index (χ1n) is 7.84. The Balaban J connectivity index is 3.14. The number of benzene rings is 1. The van der Waals surface area contributed by atoms with Crippen LogP contribution in [0.2, 0.25) is 0 Å². The minimum Gasteiger partial charge on any atom is -0.487 e. The van der Waals surface area contributed by atoms with E-state index in [0.717, 1.165) is 12.0 Å². The quantitative estimate of drug-likeness (QED) is 0.526. The van der Waals surface area contributed by atoms with Crippen LogP contribution in [0.4, 0.5) is 5.69 Å². The third kappa shape index (κ3) is 5.32. The third-order valence-corrected chi connectivity index (χ3v) is 3.48. The number of nitro benzene ring substituents is 1. The standard InChI is InChI=1S/C18H29NO3/c1-13(2)11-22-16-9-8-14(10-15(16)19(20)21)18(6,7)12-17(3,4)5/h8-10,13H,11-12H2,1-7H3. The van der Waals surface area contributed by atoms with Gasteiger partial charge in [-0.15, -0.1) is 0 Å². The first-order chi connectivity index (χ1) is 9.92. The number of rotatable bonds is 6. The number of ether oxygens (including phenoxy) is 1. The van der Waals surface area contributed by atoms with E-state index in [2.05, 4.69) is 34.6 Å². The lowest BCUT2D eigenvalue weighted by atomic mass is 9.72. The van der Waals surface area contributed by atoms with Gasteiger partial charge in [-0.2, -0.15) is 0 Å². The average Bonchev–Trinajstić information content (AvgIpc) is 2.32. The van der Waals surface area contributed by atoms with Crippen molar-refractivity contribution in [1.82, 2.24) is 0 Å². The van der Waals surface area contributed by atoms with Crippen LogP contribution in [0.1, 0.15) is 60.5 Å². The molecule has 0 aliphatic heterocycles. The summed E-state index contributed by atoms with van der Waals surface area (Å²) in [6.07, 6.45) is 0.948. The molecule has 1 aromatic carbocycles. The molecular formula is C18H29NO3. The van der Waals surface area contributed by atoms with Gasteiger partial charge in [0.1, 0.15) is 0 Å². The molecule has 22 heavy (non-hydrogen) atoms. The van der Waals surface area contributed by atoms with Gasteiger partial charge in [-0.1, -0.05) is 54.5 Å². The lowest BCUT2D eigenvalue weighted by Gasteiger charge is -2.33. The average molecular weight is 307 g/mol. The van der Waals surface area contributed by atoms with Gasteiger partial charge in [-0.25, -0.2) is 0 Å². The lowest BCUT2D eigenvalue weighted by molar-refractivity contribution is -0.386. The Labute approximate surface area is 134 Å². The Morgan fingerprint density at radius 3 is 2.23 bits per heavy atom. The molecule has 0 fully saturated rings. The second kappa shape index (κ2) is 6.67. The Hall–Kier alpha value is -1.58. The van der Waals surface area contributed by atoms with Gasteiger partial charge in [-0.05, 0) is 34.8 Å². The molecule has 0 unspecified atom stereocenters. The zero-order valence-corrected chi connectivity index (χ0v) is 14.9. The molecule has 0 aliphatic carbocycles. The van der Waals surface area contributed by atoms with Crippen LogP contribution in [0.15, 0.2) is 18.2 Å². The summed E-state index contributed by atoms with van der Waals surface area (Å²) in [4.78, 5) is 11.0. The summed E-state index contributed by atoms with van der Waals surface area (Å²) in [5.41, 5.74) is 1.07. The van der Waals surface area contributed by atoms with E-state index in [9.17, 15) is 10.1 Å². The molecule has 4 heteroatoms. The van der Waals surface area contributed by atoms with Crippen molar-refractivity contribution in [2.24, 2.45) is 11.3 Å². The number of hydrogen-bond donors (Lipinski definition) is 0. The fourth-order valence-electron chi connectivity index (χ4n) is 2.89. The van der Waals surface area contributed by atoms with Crippen LogP contribution >= 0.6 is 0 Å². The molecule has 0 atom stereocenters. The van der Waals surface area contributed by atoms with E-state index in [1.807, 2.05) is 19.9 Å². The summed E-state index contributed by atoms with van der Waals surface area (Å²) in [6, 6.07) is 5.36.